The molecule has 2 N–H and O–H groups in total. The van der Waals surface area contributed by atoms with Crippen molar-refractivity contribution in [1.82, 2.24) is 10.7 Å². The van der Waals surface area contributed by atoms with E-state index in [1.54, 1.807) is 19.2 Å². The molecule has 7 heteroatoms. The molecule has 0 spiro atoms. The fourth-order valence-corrected chi connectivity index (χ4v) is 1.33. The molecule has 0 heterocycles. The second-order valence-corrected chi connectivity index (χ2v) is 3.94. The highest BCUT2D eigenvalue weighted by Crippen LogP contribution is 2.00. The van der Waals surface area contributed by atoms with E-state index in [-0.39, 0.29) is 5.56 Å². The molecular formula is C12H14N3O3S-. The van der Waals surface area contributed by atoms with Crippen molar-refractivity contribution in [2.45, 2.75) is 0 Å². The number of benzene rings is 1. The molecule has 0 bridgehead atoms. The summed E-state index contributed by atoms with van der Waals surface area (Å²) in [6.45, 7) is 1.15. The Kier molecular flexibility index (Phi) is 6.48. The molecule has 0 amide bonds. The number of ether oxygens (including phenoxy) is 1. The van der Waals surface area contributed by atoms with Gasteiger partial charge in [0.05, 0.1) is 18.8 Å². The molecule has 1 rings (SSSR count). The monoisotopic (exact) mass is 280 g/mol. The van der Waals surface area contributed by atoms with Gasteiger partial charge in [0.25, 0.3) is 0 Å². The lowest BCUT2D eigenvalue weighted by atomic mass is 10.1. The predicted octanol–water partition coefficient (Wildman–Crippen LogP) is -0.505. The number of nitrogens with zero attached hydrogens (tertiary/aromatic N) is 1. The summed E-state index contributed by atoms with van der Waals surface area (Å²) in [7, 11) is 1.60. The summed E-state index contributed by atoms with van der Waals surface area (Å²) in [5.41, 5.74) is 3.51. The van der Waals surface area contributed by atoms with Crippen LogP contribution in [0.5, 0.6) is 0 Å². The fraction of sp³-hybridized carbons (Fsp3) is 0.250. The Hall–Kier alpha value is -1.99. The third kappa shape index (κ3) is 5.94. The minimum absolute atomic E-state index is 0.127. The van der Waals surface area contributed by atoms with E-state index in [2.05, 4.69) is 15.8 Å². The predicted molar refractivity (Wildman–Crippen MR) is 74.0 cm³/mol. The molecule has 102 valence electrons. The maximum Gasteiger partial charge on any atom is 0.187 e. The number of carboxylic acid groups (broad SMARTS) is 1. The number of carbonyl (C=O) groups excluding carboxylic acids is 1. The van der Waals surface area contributed by atoms with Crippen molar-refractivity contribution in [2.24, 2.45) is 5.10 Å². The number of methoxy groups -OCH3 is 1. The first kappa shape index (κ1) is 15.1. The Bertz CT molecular complexity index is 460. The van der Waals surface area contributed by atoms with E-state index in [9.17, 15) is 9.90 Å². The number of carbonyl (C=O) groups is 1. The number of hydrazone groups is 1. The highest BCUT2D eigenvalue weighted by molar-refractivity contribution is 7.80. The van der Waals surface area contributed by atoms with Crippen LogP contribution in [-0.4, -0.2) is 37.6 Å². The van der Waals surface area contributed by atoms with Crippen LogP contribution < -0.4 is 15.8 Å². The lowest BCUT2D eigenvalue weighted by Crippen LogP contribution is -2.34. The van der Waals surface area contributed by atoms with E-state index < -0.39 is 5.97 Å². The lowest BCUT2D eigenvalue weighted by molar-refractivity contribution is -0.255. The molecule has 19 heavy (non-hydrogen) atoms. The van der Waals surface area contributed by atoms with E-state index in [1.165, 1.54) is 18.3 Å². The van der Waals surface area contributed by atoms with Gasteiger partial charge in [-0.05, 0) is 23.3 Å². The summed E-state index contributed by atoms with van der Waals surface area (Å²) in [5.74, 6) is -1.20. The van der Waals surface area contributed by atoms with Gasteiger partial charge in [-0.25, -0.2) is 0 Å². The molecule has 0 fully saturated rings. The van der Waals surface area contributed by atoms with Gasteiger partial charge < -0.3 is 20.0 Å². The number of hydrogen-bond donors (Lipinski definition) is 2. The molecule has 0 aliphatic rings. The summed E-state index contributed by atoms with van der Waals surface area (Å²) < 4.78 is 4.86. The number of nitrogens with one attached hydrogen (secondary N) is 2. The van der Waals surface area contributed by atoms with Gasteiger partial charge >= 0.3 is 0 Å². The van der Waals surface area contributed by atoms with E-state index in [0.29, 0.717) is 18.3 Å². The normalized spacial score (nSPS) is 10.4. The first-order chi connectivity index (χ1) is 9.13. The van der Waals surface area contributed by atoms with Crippen LogP contribution in [0.1, 0.15) is 15.9 Å². The van der Waals surface area contributed by atoms with Crippen LogP contribution in [0.2, 0.25) is 0 Å². The molecule has 0 saturated heterocycles. The second kappa shape index (κ2) is 8.17. The van der Waals surface area contributed by atoms with Crippen LogP contribution in [-0.2, 0) is 4.74 Å². The van der Waals surface area contributed by atoms with E-state index in [1.807, 2.05) is 0 Å². The van der Waals surface area contributed by atoms with Crippen LogP contribution >= 0.6 is 12.2 Å². The maximum atomic E-state index is 10.5. The van der Waals surface area contributed by atoms with Gasteiger partial charge in [-0.3, -0.25) is 5.43 Å². The van der Waals surface area contributed by atoms with Crippen molar-refractivity contribution in [2.75, 3.05) is 20.3 Å². The summed E-state index contributed by atoms with van der Waals surface area (Å²) in [4.78, 5) is 10.5. The summed E-state index contributed by atoms with van der Waals surface area (Å²) in [6.07, 6.45) is 1.53. The molecular weight excluding hydrogens is 266 g/mol. The highest BCUT2D eigenvalue weighted by Gasteiger charge is 1.94. The molecule has 0 aliphatic heterocycles. The molecule has 0 unspecified atom stereocenters. The highest BCUT2D eigenvalue weighted by atomic mass is 32.1. The molecule has 0 atom stereocenters. The van der Waals surface area contributed by atoms with Gasteiger partial charge in [0.2, 0.25) is 0 Å². The van der Waals surface area contributed by atoms with Crippen molar-refractivity contribution < 1.29 is 14.6 Å². The standard InChI is InChI=1S/C12H15N3O3S/c1-18-7-6-13-12(19)15-14-8-9-2-4-10(5-3-9)11(16)17/h2-5,8H,6-7H2,1H3,(H,16,17)(H2,13,15,19)/p-1/b14-8-. The zero-order chi connectivity index (χ0) is 14.1. The van der Waals surface area contributed by atoms with Gasteiger partial charge in [-0.15, -0.1) is 0 Å². The van der Waals surface area contributed by atoms with Crippen LogP contribution in [0.15, 0.2) is 29.4 Å². The number of thiocarbonyl (C=S) groups is 1. The van der Waals surface area contributed by atoms with Crippen LogP contribution in [0, 0.1) is 0 Å². The number of hydrogen-bond acceptors (Lipinski definition) is 5. The average Bonchev–Trinajstić information content (AvgIpc) is 2.39. The molecule has 0 saturated carbocycles. The molecule has 6 nitrogen and oxygen atoms in total. The van der Waals surface area contributed by atoms with E-state index >= 15 is 0 Å². The Balaban J connectivity index is 2.40. The van der Waals surface area contributed by atoms with Crippen molar-refractivity contribution in [3.8, 4) is 0 Å². The van der Waals surface area contributed by atoms with Gasteiger partial charge in [0.1, 0.15) is 0 Å². The van der Waals surface area contributed by atoms with Crippen LogP contribution in [0.3, 0.4) is 0 Å². The minimum Gasteiger partial charge on any atom is -0.545 e. The summed E-state index contributed by atoms with van der Waals surface area (Å²) in [5, 5.41) is 17.7. The maximum absolute atomic E-state index is 10.5. The van der Waals surface area contributed by atoms with Gasteiger partial charge in [0.15, 0.2) is 5.11 Å². The molecule has 1 aromatic carbocycles. The largest absolute Gasteiger partial charge is 0.545 e. The number of carboxylic acids is 1. The lowest BCUT2D eigenvalue weighted by Gasteiger charge is -2.05. The first-order valence-electron chi connectivity index (χ1n) is 5.50. The number of rotatable bonds is 6. The molecule has 1 aromatic rings. The molecule has 0 aliphatic carbocycles. The number of aromatic carboxylic acids is 1. The van der Waals surface area contributed by atoms with E-state index in [4.69, 9.17) is 17.0 Å². The fourth-order valence-electron chi connectivity index (χ4n) is 1.18. The second-order valence-electron chi connectivity index (χ2n) is 3.53. The van der Waals surface area contributed by atoms with Crippen molar-refractivity contribution >= 4 is 29.5 Å². The molecule has 0 radical (unpaired) electrons. The Morgan fingerprint density at radius 1 is 1.47 bits per heavy atom. The van der Waals surface area contributed by atoms with Crippen molar-refractivity contribution in [3.05, 3.63) is 35.4 Å². The first-order valence-corrected chi connectivity index (χ1v) is 5.91. The smallest absolute Gasteiger partial charge is 0.187 e. The Labute approximate surface area is 116 Å². The Morgan fingerprint density at radius 2 is 2.16 bits per heavy atom. The van der Waals surface area contributed by atoms with Crippen molar-refractivity contribution in [3.63, 3.8) is 0 Å². The van der Waals surface area contributed by atoms with Gasteiger partial charge in [-0.1, -0.05) is 24.3 Å². The van der Waals surface area contributed by atoms with Gasteiger partial charge in [0, 0.05) is 13.7 Å². The van der Waals surface area contributed by atoms with Crippen LogP contribution in [0.4, 0.5) is 0 Å². The quantitative estimate of drug-likeness (QED) is 0.316. The molecule has 0 aromatic heterocycles. The zero-order valence-corrected chi connectivity index (χ0v) is 11.2. The third-order valence-electron chi connectivity index (χ3n) is 2.12. The van der Waals surface area contributed by atoms with E-state index in [0.717, 1.165) is 5.56 Å². The minimum atomic E-state index is -1.20. The summed E-state index contributed by atoms with van der Waals surface area (Å²) in [6, 6.07) is 6.15. The average molecular weight is 280 g/mol. The summed E-state index contributed by atoms with van der Waals surface area (Å²) >= 11 is 4.96. The SMILES string of the molecule is COCCNC(=S)N/N=C\c1ccc(C(=O)[O-])cc1. The van der Waals surface area contributed by atoms with Crippen molar-refractivity contribution in [1.29, 1.82) is 0 Å². The van der Waals surface area contributed by atoms with Crippen LogP contribution in [0.25, 0.3) is 0 Å². The third-order valence-corrected chi connectivity index (χ3v) is 2.35. The topological polar surface area (TPSA) is 85.8 Å². The van der Waals surface area contributed by atoms with Gasteiger partial charge in [-0.2, -0.15) is 5.10 Å². The zero-order valence-electron chi connectivity index (χ0n) is 10.4. The Morgan fingerprint density at radius 3 is 2.74 bits per heavy atom.